The van der Waals surface area contributed by atoms with Gasteiger partial charge in [-0.25, -0.2) is 8.78 Å². The van der Waals surface area contributed by atoms with Crippen LogP contribution < -0.4 is 11.1 Å². The minimum atomic E-state index is -0.592. The van der Waals surface area contributed by atoms with E-state index in [4.69, 9.17) is 10.9 Å². The Morgan fingerprint density at radius 3 is 2.81 bits per heavy atom. The quantitative estimate of drug-likeness (QED) is 0.319. The van der Waals surface area contributed by atoms with Crippen LogP contribution in [0.15, 0.2) is 23.4 Å². The molecule has 0 aliphatic heterocycles. The summed E-state index contributed by atoms with van der Waals surface area (Å²) in [5.74, 6) is -1.23. The molecule has 0 aliphatic rings. The Balaban J connectivity index is 2.89. The summed E-state index contributed by atoms with van der Waals surface area (Å²) in [7, 11) is 0. The average Bonchev–Trinajstić information content (AvgIpc) is 2.29. The molecule has 0 bridgehead atoms. The Labute approximate surface area is 91.8 Å². The summed E-state index contributed by atoms with van der Waals surface area (Å²) in [5, 5.41) is 14.0. The maximum atomic E-state index is 13.3. The number of oxime groups is 1. The highest BCUT2D eigenvalue weighted by atomic mass is 19.1. The highest BCUT2D eigenvalue weighted by Gasteiger charge is 2.13. The molecular weight excluding hydrogens is 216 g/mol. The number of nitrogens with zero attached hydrogens (tertiary/aromatic N) is 1. The average molecular weight is 229 g/mol. The number of hydrogen-bond donors (Lipinski definition) is 3. The summed E-state index contributed by atoms with van der Waals surface area (Å²) in [6.07, 6.45) is 0.478. The monoisotopic (exact) mass is 229 g/mol. The van der Waals surface area contributed by atoms with Crippen molar-refractivity contribution >= 4 is 11.5 Å². The fourth-order valence-corrected chi connectivity index (χ4v) is 1.25. The van der Waals surface area contributed by atoms with Crippen LogP contribution in [0.25, 0.3) is 0 Å². The van der Waals surface area contributed by atoms with Gasteiger partial charge in [0.05, 0.1) is 11.7 Å². The molecule has 0 aliphatic carbocycles. The molecule has 88 valence electrons. The standard InChI is InChI=1S/C10H13F2N3O/c1-2-8(10(13)15-16)14-9-5-6(11)3-4-7(9)12/h3-5,8,14,16H,2H2,1H3,(H2,13,15). The van der Waals surface area contributed by atoms with Crippen LogP contribution in [0.2, 0.25) is 0 Å². The normalized spacial score (nSPS) is 13.6. The van der Waals surface area contributed by atoms with Gasteiger partial charge in [-0.2, -0.15) is 0 Å². The SMILES string of the molecule is CCC(Nc1cc(F)ccc1F)C(N)=NO. The summed E-state index contributed by atoms with van der Waals surface area (Å²) >= 11 is 0. The van der Waals surface area contributed by atoms with Crippen LogP contribution in [-0.4, -0.2) is 17.1 Å². The van der Waals surface area contributed by atoms with Gasteiger partial charge >= 0.3 is 0 Å². The van der Waals surface area contributed by atoms with E-state index in [1.165, 1.54) is 0 Å². The molecule has 0 saturated heterocycles. The molecule has 1 unspecified atom stereocenters. The predicted octanol–water partition coefficient (Wildman–Crippen LogP) is 1.90. The van der Waals surface area contributed by atoms with Crippen LogP contribution in [0.5, 0.6) is 0 Å². The van der Waals surface area contributed by atoms with E-state index in [1.807, 2.05) is 0 Å². The van der Waals surface area contributed by atoms with Gasteiger partial charge in [-0.3, -0.25) is 0 Å². The number of anilines is 1. The lowest BCUT2D eigenvalue weighted by Crippen LogP contribution is -2.35. The zero-order valence-electron chi connectivity index (χ0n) is 8.74. The molecule has 4 N–H and O–H groups in total. The Morgan fingerprint density at radius 2 is 2.25 bits per heavy atom. The summed E-state index contributed by atoms with van der Waals surface area (Å²) in [5.41, 5.74) is 5.37. The molecular formula is C10H13F2N3O. The van der Waals surface area contributed by atoms with Gasteiger partial charge in [0.15, 0.2) is 5.84 Å². The third-order valence-electron chi connectivity index (χ3n) is 2.14. The van der Waals surface area contributed by atoms with E-state index in [0.29, 0.717) is 6.42 Å². The molecule has 0 fully saturated rings. The molecule has 16 heavy (non-hydrogen) atoms. The van der Waals surface area contributed by atoms with Gasteiger partial charge in [-0.15, -0.1) is 0 Å². The predicted molar refractivity (Wildman–Crippen MR) is 57.5 cm³/mol. The Kier molecular flexibility index (Phi) is 4.04. The maximum Gasteiger partial charge on any atom is 0.161 e. The highest BCUT2D eigenvalue weighted by molar-refractivity contribution is 5.87. The zero-order valence-corrected chi connectivity index (χ0v) is 8.74. The maximum absolute atomic E-state index is 13.3. The van der Waals surface area contributed by atoms with Crippen molar-refractivity contribution in [3.05, 3.63) is 29.8 Å². The van der Waals surface area contributed by atoms with Crippen molar-refractivity contribution in [1.29, 1.82) is 0 Å². The molecule has 1 rings (SSSR count). The zero-order chi connectivity index (χ0) is 12.1. The number of rotatable bonds is 4. The van der Waals surface area contributed by atoms with E-state index < -0.39 is 17.7 Å². The number of halogens is 2. The van der Waals surface area contributed by atoms with E-state index in [9.17, 15) is 8.78 Å². The third-order valence-corrected chi connectivity index (χ3v) is 2.14. The molecule has 1 aromatic carbocycles. The van der Waals surface area contributed by atoms with Crippen LogP contribution in [0.3, 0.4) is 0 Å². The van der Waals surface area contributed by atoms with Crippen LogP contribution in [0.1, 0.15) is 13.3 Å². The van der Waals surface area contributed by atoms with Gasteiger partial charge < -0.3 is 16.3 Å². The van der Waals surface area contributed by atoms with Crippen molar-refractivity contribution in [2.24, 2.45) is 10.9 Å². The van der Waals surface area contributed by atoms with Gasteiger partial charge in [-0.1, -0.05) is 12.1 Å². The number of hydrogen-bond acceptors (Lipinski definition) is 3. The lowest BCUT2D eigenvalue weighted by molar-refractivity contribution is 0.316. The molecule has 6 heteroatoms. The second-order valence-electron chi connectivity index (χ2n) is 3.25. The van der Waals surface area contributed by atoms with Crippen LogP contribution >= 0.6 is 0 Å². The van der Waals surface area contributed by atoms with Gasteiger partial charge in [0.2, 0.25) is 0 Å². The minimum absolute atomic E-state index is 0.0153. The van der Waals surface area contributed by atoms with Gasteiger partial charge in [0.1, 0.15) is 11.6 Å². The summed E-state index contributed by atoms with van der Waals surface area (Å²) in [6, 6.07) is 2.51. The number of benzene rings is 1. The number of amidine groups is 1. The van der Waals surface area contributed by atoms with Crippen LogP contribution in [0.4, 0.5) is 14.5 Å². The van der Waals surface area contributed by atoms with Gasteiger partial charge in [-0.05, 0) is 24.6 Å². The first-order valence-corrected chi connectivity index (χ1v) is 4.77. The van der Waals surface area contributed by atoms with Gasteiger partial charge in [0.25, 0.3) is 0 Å². The lowest BCUT2D eigenvalue weighted by atomic mass is 10.2. The largest absolute Gasteiger partial charge is 0.409 e. The Morgan fingerprint density at radius 1 is 1.56 bits per heavy atom. The second kappa shape index (κ2) is 5.29. The fraction of sp³-hybridized carbons (Fsp3) is 0.300. The molecule has 0 amide bonds. The van der Waals surface area contributed by atoms with Crippen molar-refractivity contribution in [2.45, 2.75) is 19.4 Å². The first-order chi connectivity index (χ1) is 7.58. The van der Waals surface area contributed by atoms with Crippen molar-refractivity contribution in [3.63, 3.8) is 0 Å². The summed E-state index contributed by atoms with van der Waals surface area (Å²) in [6.45, 7) is 1.77. The third kappa shape index (κ3) is 2.82. The number of nitrogens with one attached hydrogen (secondary N) is 1. The van der Waals surface area contributed by atoms with Crippen molar-refractivity contribution in [3.8, 4) is 0 Å². The molecule has 0 saturated carbocycles. The van der Waals surface area contributed by atoms with E-state index in [1.54, 1.807) is 6.92 Å². The van der Waals surface area contributed by atoms with Crippen LogP contribution in [0, 0.1) is 11.6 Å². The summed E-state index contributed by atoms with van der Waals surface area (Å²) in [4.78, 5) is 0. The smallest absolute Gasteiger partial charge is 0.161 e. The van der Waals surface area contributed by atoms with E-state index >= 15 is 0 Å². The Hall–Kier alpha value is -1.85. The van der Waals surface area contributed by atoms with Crippen LogP contribution in [-0.2, 0) is 0 Å². The van der Waals surface area contributed by atoms with Crippen molar-refractivity contribution in [2.75, 3.05) is 5.32 Å². The van der Waals surface area contributed by atoms with Crippen molar-refractivity contribution < 1.29 is 14.0 Å². The molecule has 1 aromatic rings. The summed E-state index contributed by atoms with van der Waals surface area (Å²) < 4.78 is 26.1. The first kappa shape index (κ1) is 12.2. The van der Waals surface area contributed by atoms with E-state index in [-0.39, 0.29) is 11.5 Å². The van der Waals surface area contributed by atoms with Crippen molar-refractivity contribution in [1.82, 2.24) is 0 Å². The minimum Gasteiger partial charge on any atom is -0.409 e. The molecule has 4 nitrogen and oxygen atoms in total. The lowest BCUT2D eigenvalue weighted by Gasteiger charge is -2.17. The first-order valence-electron chi connectivity index (χ1n) is 4.77. The second-order valence-corrected chi connectivity index (χ2v) is 3.25. The topological polar surface area (TPSA) is 70.6 Å². The van der Waals surface area contributed by atoms with E-state index in [2.05, 4.69) is 10.5 Å². The fourth-order valence-electron chi connectivity index (χ4n) is 1.25. The number of nitrogens with two attached hydrogens (primary N) is 1. The highest BCUT2D eigenvalue weighted by Crippen LogP contribution is 2.17. The molecule has 1 atom stereocenters. The molecule has 0 radical (unpaired) electrons. The molecule has 0 heterocycles. The van der Waals surface area contributed by atoms with Gasteiger partial charge in [0, 0.05) is 0 Å². The molecule has 0 spiro atoms. The molecule has 0 aromatic heterocycles. The Bertz CT molecular complexity index is 396. The van der Waals surface area contributed by atoms with E-state index in [0.717, 1.165) is 18.2 Å².